The lowest BCUT2D eigenvalue weighted by atomic mass is 9.85. The molecule has 4 aromatic rings. The topological polar surface area (TPSA) is 74.8 Å². The predicted octanol–water partition coefficient (Wildman–Crippen LogP) is 5.74. The summed E-state index contributed by atoms with van der Waals surface area (Å²) in [6, 6.07) is 20.2. The molecule has 4 amide bonds. The minimum Gasteiger partial charge on any atom is -0.270 e. The molecular weight excluding hydrogens is 499 g/mol. The maximum absolute atomic E-state index is 13.4. The van der Waals surface area contributed by atoms with Crippen molar-refractivity contribution in [2.45, 2.75) is 13.1 Å². The maximum Gasteiger partial charge on any atom is 0.261 e. The van der Waals surface area contributed by atoms with E-state index in [0.29, 0.717) is 31.9 Å². The van der Waals surface area contributed by atoms with Gasteiger partial charge in [-0.15, -0.1) is 0 Å². The van der Waals surface area contributed by atoms with E-state index in [4.69, 9.17) is 23.2 Å². The van der Waals surface area contributed by atoms with E-state index >= 15 is 0 Å². The molecule has 0 radical (unpaired) electrons. The molecule has 0 spiro atoms. The van der Waals surface area contributed by atoms with Gasteiger partial charge in [-0.1, -0.05) is 59.6 Å². The molecule has 0 unspecified atom stereocenters. The van der Waals surface area contributed by atoms with Gasteiger partial charge in [0.25, 0.3) is 23.6 Å². The van der Waals surface area contributed by atoms with E-state index in [1.54, 1.807) is 72.8 Å². The molecule has 36 heavy (non-hydrogen) atoms. The van der Waals surface area contributed by atoms with Crippen molar-refractivity contribution in [3.63, 3.8) is 0 Å². The Morgan fingerprint density at radius 2 is 0.778 bits per heavy atom. The minimum atomic E-state index is -0.505. The van der Waals surface area contributed by atoms with Crippen LogP contribution < -0.4 is 0 Å². The molecule has 0 bridgehead atoms. The second-order valence-corrected chi connectivity index (χ2v) is 9.46. The Labute approximate surface area is 215 Å². The van der Waals surface area contributed by atoms with Gasteiger partial charge < -0.3 is 0 Å². The number of rotatable bonds is 4. The Morgan fingerprint density at radius 3 is 1.08 bits per heavy atom. The van der Waals surface area contributed by atoms with Gasteiger partial charge in [0.2, 0.25) is 0 Å². The molecule has 6 rings (SSSR count). The molecular formula is C28H16Cl2N2O4. The zero-order valence-corrected chi connectivity index (χ0v) is 20.1. The number of halogens is 2. The van der Waals surface area contributed by atoms with Crippen LogP contribution in [0.4, 0.5) is 0 Å². The number of hydrogen-bond acceptors (Lipinski definition) is 4. The molecule has 4 aromatic carbocycles. The molecule has 6 nitrogen and oxygen atoms in total. The first-order chi connectivity index (χ1) is 17.4. The Balaban J connectivity index is 1.45. The van der Waals surface area contributed by atoms with Crippen molar-refractivity contribution in [2.24, 2.45) is 0 Å². The van der Waals surface area contributed by atoms with E-state index in [1.165, 1.54) is 0 Å². The fourth-order valence-corrected chi connectivity index (χ4v) is 5.25. The average molecular weight is 515 g/mol. The fraction of sp³-hybridized carbons (Fsp3) is 0.0714. The number of imide groups is 2. The van der Waals surface area contributed by atoms with Gasteiger partial charge in [-0.2, -0.15) is 0 Å². The van der Waals surface area contributed by atoms with Gasteiger partial charge in [0.1, 0.15) is 0 Å². The van der Waals surface area contributed by atoms with E-state index in [1.807, 2.05) is 0 Å². The number of benzene rings is 4. The first-order valence-electron chi connectivity index (χ1n) is 11.2. The van der Waals surface area contributed by atoms with Gasteiger partial charge in [-0.05, 0) is 47.5 Å². The van der Waals surface area contributed by atoms with Crippen molar-refractivity contribution in [1.29, 1.82) is 0 Å². The summed E-state index contributed by atoms with van der Waals surface area (Å²) in [6.07, 6.45) is 0. The molecule has 2 aliphatic rings. The van der Waals surface area contributed by atoms with Crippen LogP contribution in [0.15, 0.2) is 72.8 Å². The monoisotopic (exact) mass is 514 g/mol. The standard InChI is InChI=1S/C28H16Cl2N2O4/c29-21-7-3-1-5-15(21)13-31-25(33)17-9-11-19-24-20(12-10-18(23(17)24)26(31)34)28(36)32(27(19)35)14-16-6-2-4-8-22(16)30/h1-12H,13-14H2. The van der Waals surface area contributed by atoms with Crippen molar-refractivity contribution in [2.75, 3.05) is 0 Å². The van der Waals surface area contributed by atoms with E-state index in [9.17, 15) is 19.2 Å². The van der Waals surface area contributed by atoms with Gasteiger partial charge in [0.05, 0.1) is 13.1 Å². The molecule has 0 saturated carbocycles. The third kappa shape index (κ3) is 3.26. The Morgan fingerprint density at radius 1 is 0.472 bits per heavy atom. The van der Waals surface area contributed by atoms with Crippen molar-refractivity contribution in [1.82, 2.24) is 9.80 Å². The maximum atomic E-state index is 13.4. The summed E-state index contributed by atoms with van der Waals surface area (Å²) in [5, 5.41) is 1.55. The zero-order chi connectivity index (χ0) is 25.1. The molecule has 8 heteroatoms. The lowest BCUT2D eigenvalue weighted by molar-refractivity contribution is 0.0577. The van der Waals surface area contributed by atoms with Crippen molar-refractivity contribution in [3.05, 3.63) is 116 Å². The summed E-state index contributed by atoms with van der Waals surface area (Å²) in [7, 11) is 0. The van der Waals surface area contributed by atoms with Crippen molar-refractivity contribution >= 4 is 57.6 Å². The highest BCUT2D eigenvalue weighted by atomic mass is 35.5. The second kappa shape index (κ2) is 8.29. The van der Waals surface area contributed by atoms with Crippen LogP contribution in [-0.4, -0.2) is 33.4 Å². The summed E-state index contributed by atoms with van der Waals surface area (Å²) < 4.78 is 0. The molecule has 2 heterocycles. The second-order valence-electron chi connectivity index (χ2n) is 8.65. The highest BCUT2D eigenvalue weighted by molar-refractivity contribution is 6.34. The molecule has 176 valence electrons. The lowest BCUT2D eigenvalue weighted by Crippen LogP contribution is -2.42. The Kier molecular flexibility index (Phi) is 5.18. The number of hydrogen-bond donors (Lipinski definition) is 0. The van der Waals surface area contributed by atoms with E-state index in [-0.39, 0.29) is 35.3 Å². The zero-order valence-electron chi connectivity index (χ0n) is 18.6. The SMILES string of the molecule is O=C1c2ccc3c4c(ccc(c24)C(=O)N1Cc1ccccc1Cl)C(=O)N(Cc1ccccc1Cl)C3=O. The molecule has 0 saturated heterocycles. The van der Waals surface area contributed by atoms with Crippen molar-refractivity contribution < 1.29 is 19.2 Å². The average Bonchev–Trinajstić information content (AvgIpc) is 2.88. The van der Waals surface area contributed by atoms with Crippen LogP contribution >= 0.6 is 23.2 Å². The summed E-state index contributed by atoms with van der Waals surface area (Å²) in [6.45, 7) is 0.0104. The predicted molar refractivity (Wildman–Crippen MR) is 135 cm³/mol. The van der Waals surface area contributed by atoms with E-state index in [2.05, 4.69) is 0 Å². The highest BCUT2D eigenvalue weighted by Gasteiger charge is 2.39. The van der Waals surface area contributed by atoms with Crippen LogP contribution in [0.2, 0.25) is 10.0 Å². The molecule has 0 aromatic heterocycles. The normalized spacial score (nSPS) is 14.7. The van der Waals surface area contributed by atoms with Gasteiger partial charge in [0, 0.05) is 43.1 Å². The van der Waals surface area contributed by atoms with Gasteiger partial charge in [-0.3, -0.25) is 29.0 Å². The van der Waals surface area contributed by atoms with Gasteiger partial charge in [0.15, 0.2) is 0 Å². The first kappa shape index (κ1) is 22.5. The quantitative estimate of drug-likeness (QED) is 0.325. The number of amides is 4. The summed E-state index contributed by atoms with van der Waals surface area (Å²) in [5.74, 6) is -2.02. The largest absolute Gasteiger partial charge is 0.270 e. The lowest BCUT2D eigenvalue weighted by Gasteiger charge is -2.32. The summed E-state index contributed by atoms with van der Waals surface area (Å²) >= 11 is 12.5. The Bertz CT molecular complexity index is 1470. The molecule has 0 fully saturated rings. The van der Waals surface area contributed by atoms with Crippen LogP contribution in [0.25, 0.3) is 10.8 Å². The summed E-state index contributed by atoms with van der Waals surface area (Å²) in [5.41, 5.74) is 2.32. The van der Waals surface area contributed by atoms with E-state index < -0.39 is 23.6 Å². The van der Waals surface area contributed by atoms with Crippen LogP contribution in [0.3, 0.4) is 0 Å². The molecule has 0 atom stereocenters. The number of nitrogens with zero attached hydrogens (tertiary/aromatic N) is 2. The van der Waals surface area contributed by atoms with E-state index in [0.717, 1.165) is 9.80 Å². The molecule has 0 aliphatic carbocycles. The Hall–Kier alpha value is -4.00. The third-order valence-electron chi connectivity index (χ3n) is 6.64. The van der Waals surface area contributed by atoms with Gasteiger partial charge >= 0.3 is 0 Å². The fourth-order valence-electron chi connectivity index (χ4n) is 4.86. The van der Waals surface area contributed by atoms with Crippen LogP contribution in [0.5, 0.6) is 0 Å². The molecule has 0 N–H and O–H groups in total. The van der Waals surface area contributed by atoms with Crippen LogP contribution in [0.1, 0.15) is 52.6 Å². The number of carbonyl (C=O) groups excluding carboxylic acids is 4. The smallest absolute Gasteiger partial charge is 0.261 e. The summed E-state index contributed by atoms with van der Waals surface area (Å²) in [4.78, 5) is 56.0. The van der Waals surface area contributed by atoms with Crippen LogP contribution in [0, 0.1) is 0 Å². The highest BCUT2D eigenvalue weighted by Crippen LogP contribution is 2.39. The third-order valence-corrected chi connectivity index (χ3v) is 7.37. The van der Waals surface area contributed by atoms with Crippen LogP contribution in [-0.2, 0) is 13.1 Å². The minimum absolute atomic E-state index is 0.00521. The van der Waals surface area contributed by atoms with Gasteiger partial charge in [-0.25, -0.2) is 0 Å². The number of carbonyl (C=O) groups is 4. The first-order valence-corrected chi connectivity index (χ1v) is 11.9. The molecule has 2 aliphatic heterocycles. The van der Waals surface area contributed by atoms with Crippen molar-refractivity contribution in [3.8, 4) is 0 Å².